The molecule has 4 rings (SSSR count). The van der Waals surface area contributed by atoms with E-state index in [1.807, 2.05) is 0 Å². The number of carbonyl (C=O) groups excluding carboxylic acids is 3. The van der Waals surface area contributed by atoms with Crippen LogP contribution >= 0.6 is 31.9 Å². The SMILES string of the molecule is O=C(O)[C@H](Cc1ccc(N2C(=O)C=C(Br)C2=O)cc1)N1C(=O)C(Br)=CC2OC21. The summed E-state index contributed by atoms with van der Waals surface area (Å²) in [5.74, 6) is -2.51. The molecule has 3 atom stereocenters. The Bertz CT molecular complexity index is 971. The maximum Gasteiger partial charge on any atom is 0.326 e. The minimum Gasteiger partial charge on any atom is -0.480 e. The first-order valence-electron chi connectivity index (χ1n) is 8.20. The molecular weight excluding hydrogens is 500 g/mol. The smallest absolute Gasteiger partial charge is 0.326 e. The molecule has 2 unspecified atom stereocenters. The van der Waals surface area contributed by atoms with Gasteiger partial charge in [-0.25, -0.2) is 9.69 Å². The summed E-state index contributed by atoms with van der Waals surface area (Å²) in [7, 11) is 0. The van der Waals surface area contributed by atoms with E-state index >= 15 is 0 Å². The van der Waals surface area contributed by atoms with Gasteiger partial charge in [0.25, 0.3) is 17.7 Å². The quantitative estimate of drug-likeness (QED) is 0.476. The Kier molecular flexibility index (Phi) is 4.72. The van der Waals surface area contributed by atoms with Crippen LogP contribution < -0.4 is 4.90 Å². The minimum absolute atomic E-state index is 0.0536. The number of hydrogen-bond acceptors (Lipinski definition) is 5. The molecule has 1 fully saturated rings. The van der Waals surface area contributed by atoms with E-state index in [9.17, 15) is 24.3 Å². The molecule has 0 radical (unpaired) electrons. The van der Waals surface area contributed by atoms with Gasteiger partial charge in [0.05, 0.1) is 14.7 Å². The third-order valence-electron chi connectivity index (χ3n) is 4.65. The molecule has 0 aliphatic carbocycles. The Morgan fingerprint density at radius 3 is 2.36 bits per heavy atom. The summed E-state index contributed by atoms with van der Waals surface area (Å²) >= 11 is 6.18. The van der Waals surface area contributed by atoms with Crippen LogP contribution in [0, 0.1) is 0 Å². The molecule has 3 amide bonds. The van der Waals surface area contributed by atoms with Crippen molar-refractivity contribution in [1.82, 2.24) is 4.90 Å². The number of anilines is 1. The first kappa shape index (κ1) is 19.0. The summed E-state index contributed by atoms with van der Waals surface area (Å²) in [4.78, 5) is 50.4. The van der Waals surface area contributed by atoms with Crippen LogP contribution in [0.5, 0.6) is 0 Å². The predicted octanol–water partition coefficient (Wildman–Crippen LogP) is 1.68. The summed E-state index contributed by atoms with van der Waals surface area (Å²) in [6, 6.07) is 5.27. The average Bonchev–Trinajstić information content (AvgIpc) is 3.35. The van der Waals surface area contributed by atoms with Crippen molar-refractivity contribution in [3.05, 3.63) is 50.9 Å². The predicted molar refractivity (Wildman–Crippen MR) is 104 cm³/mol. The van der Waals surface area contributed by atoms with Gasteiger partial charge in [-0.3, -0.25) is 19.3 Å². The molecule has 0 aromatic heterocycles. The highest BCUT2D eigenvalue weighted by molar-refractivity contribution is 9.12. The fourth-order valence-corrected chi connectivity index (χ4v) is 4.07. The van der Waals surface area contributed by atoms with Crippen molar-refractivity contribution < 1.29 is 29.0 Å². The molecule has 1 saturated heterocycles. The van der Waals surface area contributed by atoms with Crippen molar-refractivity contribution in [3.63, 3.8) is 0 Å². The Morgan fingerprint density at radius 1 is 1.11 bits per heavy atom. The average molecular weight is 512 g/mol. The number of fused-ring (bicyclic) bond motifs is 1. The summed E-state index contributed by atoms with van der Waals surface area (Å²) in [6.07, 6.45) is 1.99. The fraction of sp³-hybridized carbons (Fsp3) is 0.222. The number of benzene rings is 1. The lowest BCUT2D eigenvalue weighted by atomic mass is 10.0. The minimum atomic E-state index is -1.15. The molecule has 0 spiro atoms. The van der Waals surface area contributed by atoms with E-state index < -0.39 is 36.0 Å². The topological polar surface area (TPSA) is 108 Å². The lowest BCUT2D eigenvalue weighted by Crippen LogP contribution is -2.50. The van der Waals surface area contributed by atoms with Crippen molar-refractivity contribution in [3.8, 4) is 0 Å². The third kappa shape index (κ3) is 3.21. The Labute approximate surface area is 175 Å². The second-order valence-electron chi connectivity index (χ2n) is 6.41. The molecule has 144 valence electrons. The summed E-state index contributed by atoms with van der Waals surface area (Å²) in [5, 5.41) is 9.66. The molecule has 1 aromatic rings. The number of rotatable bonds is 5. The third-order valence-corrected chi connectivity index (χ3v) is 5.82. The first-order chi connectivity index (χ1) is 13.3. The number of halogens is 2. The molecule has 8 nitrogen and oxygen atoms in total. The molecule has 10 heteroatoms. The van der Waals surface area contributed by atoms with Gasteiger partial charge < -0.3 is 9.84 Å². The number of nitrogens with zero attached hydrogens (tertiary/aromatic N) is 2. The second-order valence-corrected chi connectivity index (χ2v) is 8.12. The highest BCUT2D eigenvalue weighted by atomic mass is 79.9. The summed E-state index contributed by atoms with van der Waals surface area (Å²) in [5.41, 5.74) is 1.01. The lowest BCUT2D eigenvalue weighted by molar-refractivity contribution is -0.150. The van der Waals surface area contributed by atoms with Crippen molar-refractivity contribution in [1.29, 1.82) is 0 Å². The molecular formula is C18H12Br2N2O6. The van der Waals surface area contributed by atoms with Crippen molar-refractivity contribution >= 4 is 61.2 Å². The zero-order chi connectivity index (χ0) is 20.2. The van der Waals surface area contributed by atoms with E-state index in [-0.39, 0.29) is 21.5 Å². The standard InChI is InChI=1S/C18H12Br2N2O6/c19-10-6-13-17(28-13)22(16(10)25)12(18(26)27)5-8-1-3-9(4-2-8)21-14(23)7-11(20)15(21)24/h1-4,6-7,12-13,17H,5H2,(H,26,27)/t12-,13?,17?/m0/s1. The van der Waals surface area contributed by atoms with Crippen LogP contribution in [0.25, 0.3) is 0 Å². The van der Waals surface area contributed by atoms with Crippen molar-refractivity contribution in [2.45, 2.75) is 24.8 Å². The van der Waals surface area contributed by atoms with Crippen LogP contribution in [0.15, 0.2) is 45.4 Å². The Morgan fingerprint density at radius 2 is 1.79 bits per heavy atom. The van der Waals surface area contributed by atoms with Gasteiger partial charge in [0.2, 0.25) is 0 Å². The number of aliphatic carboxylic acids is 1. The Hall–Kier alpha value is -2.30. The molecule has 1 N–H and O–H groups in total. The number of imide groups is 1. The van der Waals surface area contributed by atoms with Crippen LogP contribution in [-0.2, 0) is 30.3 Å². The van der Waals surface area contributed by atoms with Gasteiger partial charge in [-0.05, 0) is 55.6 Å². The highest BCUT2D eigenvalue weighted by Crippen LogP contribution is 2.37. The number of carboxylic acid groups (broad SMARTS) is 1. The molecule has 0 saturated carbocycles. The zero-order valence-corrected chi connectivity index (χ0v) is 17.2. The fourth-order valence-electron chi connectivity index (χ4n) is 3.23. The number of carbonyl (C=O) groups is 4. The van der Waals surface area contributed by atoms with Gasteiger partial charge in [-0.2, -0.15) is 0 Å². The van der Waals surface area contributed by atoms with E-state index in [1.165, 1.54) is 11.0 Å². The highest BCUT2D eigenvalue weighted by Gasteiger charge is 2.52. The number of epoxide rings is 1. The lowest BCUT2D eigenvalue weighted by Gasteiger charge is -2.29. The van der Waals surface area contributed by atoms with Gasteiger partial charge in [0, 0.05) is 12.5 Å². The van der Waals surface area contributed by atoms with Crippen molar-refractivity contribution in [2.75, 3.05) is 4.90 Å². The van der Waals surface area contributed by atoms with E-state index in [2.05, 4.69) is 31.9 Å². The number of hydrogen-bond donors (Lipinski definition) is 1. The van der Waals surface area contributed by atoms with Gasteiger partial charge in [-0.15, -0.1) is 0 Å². The zero-order valence-electron chi connectivity index (χ0n) is 14.0. The van der Waals surface area contributed by atoms with E-state index in [0.717, 1.165) is 4.90 Å². The number of ether oxygens (including phenoxy) is 1. The largest absolute Gasteiger partial charge is 0.480 e. The van der Waals surface area contributed by atoms with E-state index in [4.69, 9.17) is 4.74 Å². The molecule has 1 aromatic carbocycles. The molecule has 3 aliphatic rings. The number of carboxylic acids is 1. The van der Waals surface area contributed by atoms with Crippen molar-refractivity contribution in [2.24, 2.45) is 0 Å². The Balaban J connectivity index is 1.54. The maximum absolute atomic E-state index is 12.4. The van der Waals surface area contributed by atoms with Gasteiger partial charge in [0.1, 0.15) is 12.1 Å². The van der Waals surface area contributed by atoms with Crippen LogP contribution in [0.2, 0.25) is 0 Å². The summed E-state index contributed by atoms with van der Waals surface area (Å²) < 4.78 is 5.81. The number of amides is 3. The van der Waals surface area contributed by atoms with Gasteiger partial charge in [-0.1, -0.05) is 12.1 Å². The monoisotopic (exact) mass is 510 g/mol. The van der Waals surface area contributed by atoms with E-state index in [0.29, 0.717) is 11.3 Å². The molecule has 0 bridgehead atoms. The molecule has 3 aliphatic heterocycles. The normalized spacial score (nSPS) is 24.7. The molecule has 28 heavy (non-hydrogen) atoms. The van der Waals surface area contributed by atoms with E-state index in [1.54, 1.807) is 30.3 Å². The van der Waals surface area contributed by atoms with Crippen LogP contribution in [-0.4, -0.2) is 52.1 Å². The van der Waals surface area contributed by atoms with Crippen LogP contribution in [0.1, 0.15) is 5.56 Å². The van der Waals surface area contributed by atoms with Gasteiger partial charge in [0.15, 0.2) is 6.23 Å². The first-order valence-corrected chi connectivity index (χ1v) is 9.79. The van der Waals surface area contributed by atoms with Crippen LogP contribution in [0.3, 0.4) is 0 Å². The summed E-state index contributed by atoms with van der Waals surface area (Å²) in [6.45, 7) is 0. The molecule has 3 heterocycles. The van der Waals surface area contributed by atoms with Gasteiger partial charge >= 0.3 is 5.97 Å². The maximum atomic E-state index is 12.4. The second kappa shape index (κ2) is 6.94. The van der Waals surface area contributed by atoms with Crippen LogP contribution in [0.4, 0.5) is 5.69 Å².